The second-order valence-electron chi connectivity index (χ2n) is 3.69. The maximum atomic E-state index is 13.4. The van der Waals surface area contributed by atoms with Crippen molar-refractivity contribution in [3.8, 4) is 17.8 Å². The van der Waals surface area contributed by atoms with Gasteiger partial charge in [-0.15, -0.1) is 4.98 Å². The van der Waals surface area contributed by atoms with E-state index in [1.165, 1.54) is 0 Å². The summed E-state index contributed by atoms with van der Waals surface area (Å²) in [7, 11) is 0. The quantitative estimate of drug-likeness (QED) is 0.847. The Morgan fingerprint density at radius 3 is 2.60 bits per heavy atom. The molecule has 0 aliphatic heterocycles. The fraction of sp³-hybridized carbons (Fsp3) is 0.250. The van der Waals surface area contributed by atoms with Crippen LogP contribution in [0.15, 0.2) is 18.2 Å². The van der Waals surface area contributed by atoms with Crippen LogP contribution in [-0.4, -0.2) is 21.6 Å². The fourth-order valence-corrected chi connectivity index (χ4v) is 1.42. The Morgan fingerprint density at radius 2 is 1.90 bits per heavy atom. The first-order chi connectivity index (χ1) is 9.58. The van der Waals surface area contributed by atoms with E-state index in [0.717, 1.165) is 18.6 Å². The predicted octanol–water partition coefficient (Wildman–Crippen LogP) is 3.38. The lowest BCUT2D eigenvalue weighted by Crippen LogP contribution is -2.03. The lowest BCUT2D eigenvalue weighted by molar-refractivity contribution is 0.284. The molecule has 0 radical (unpaired) electrons. The third-order valence-electron chi connectivity index (χ3n) is 2.10. The highest BCUT2D eigenvalue weighted by molar-refractivity contribution is 6.28. The van der Waals surface area contributed by atoms with Gasteiger partial charge >= 0.3 is 12.0 Å². The summed E-state index contributed by atoms with van der Waals surface area (Å²) in [5.74, 6) is -1.82. The van der Waals surface area contributed by atoms with Gasteiger partial charge < -0.3 is 9.47 Å². The molecule has 0 amide bonds. The summed E-state index contributed by atoms with van der Waals surface area (Å²) in [5, 5.41) is -0.149. The van der Waals surface area contributed by atoms with E-state index in [2.05, 4.69) is 15.0 Å². The SMILES string of the molecule is CCCOc1nc(Cl)nc(Oc2ccc(F)cc2F)n1. The molecule has 0 saturated heterocycles. The van der Waals surface area contributed by atoms with Crippen LogP contribution in [0.5, 0.6) is 17.8 Å². The van der Waals surface area contributed by atoms with Crippen molar-refractivity contribution in [3.05, 3.63) is 35.1 Å². The Balaban J connectivity index is 2.21. The normalized spacial score (nSPS) is 10.4. The summed E-state index contributed by atoms with van der Waals surface area (Å²) in [6.07, 6.45) is 0.756. The first-order valence-electron chi connectivity index (χ1n) is 5.75. The van der Waals surface area contributed by atoms with Crippen LogP contribution in [0.4, 0.5) is 8.78 Å². The number of hydrogen-bond acceptors (Lipinski definition) is 5. The van der Waals surface area contributed by atoms with E-state index in [4.69, 9.17) is 21.1 Å². The van der Waals surface area contributed by atoms with Gasteiger partial charge in [-0.05, 0) is 30.2 Å². The zero-order valence-corrected chi connectivity index (χ0v) is 11.2. The van der Waals surface area contributed by atoms with E-state index in [0.29, 0.717) is 12.7 Å². The Bertz CT molecular complexity index is 613. The van der Waals surface area contributed by atoms with Crippen LogP contribution in [-0.2, 0) is 0 Å². The number of aromatic nitrogens is 3. The standard InChI is InChI=1S/C12H10ClF2N3O2/c1-2-5-19-11-16-10(13)17-12(18-11)20-9-4-3-7(14)6-8(9)15/h3-4,6H,2,5H2,1H3. The Labute approximate surface area is 118 Å². The molecule has 0 unspecified atom stereocenters. The second kappa shape index (κ2) is 6.42. The van der Waals surface area contributed by atoms with Gasteiger partial charge in [-0.1, -0.05) is 6.92 Å². The van der Waals surface area contributed by atoms with Gasteiger partial charge in [0, 0.05) is 6.07 Å². The van der Waals surface area contributed by atoms with Gasteiger partial charge in [0.1, 0.15) is 5.82 Å². The van der Waals surface area contributed by atoms with Crippen molar-refractivity contribution in [2.75, 3.05) is 6.61 Å². The van der Waals surface area contributed by atoms with E-state index in [9.17, 15) is 8.78 Å². The second-order valence-corrected chi connectivity index (χ2v) is 4.03. The van der Waals surface area contributed by atoms with Gasteiger partial charge in [0.05, 0.1) is 6.61 Å². The number of nitrogens with zero attached hydrogens (tertiary/aromatic N) is 3. The van der Waals surface area contributed by atoms with Crippen LogP contribution >= 0.6 is 11.6 Å². The largest absolute Gasteiger partial charge is 0.463 e. The third-order valence-corrected chi connectivity index (χ3v) is 2.27. The molecule has 1 heterocycles. The summed E-state index contributed by atoms with van der Waals surface area (Å²) >= 11 is 5.68. The molecule has 0 saturated carbocycles. The average molecular weight is 302 g/mol. The molecule has 8 heteroatoms. The van der Waals surface area contributed by atoms with Gasteiger partial charge in [0.2, 0.25) is 5.28 Å². The topological polar surface area (TPSA) is 57.1 Å². The summed E-state index contributed by atoms with van der Waals surface area (Å²) in [6.45, 7) is 2.30. The average Bonchev–Trinajstić information content (AvgIpc) is 2.39. The molecule has 0 fully saturated rings. The zero-order valence-electron chi connectivity index (χ0n) is 10.4. The lowest BCUT2D eigenvalue weighted by Gasteiger charge is -2.07. The first kappa shape index (κ1) is 14.4. The predicted molar refractivity (Wildman–Crippen MR) is 67.1 cm³/mol. The first-order valence-corrected chi connectivity index (χ1v) is 6.13. The van der Waals surface area contributed by atoms with Crippen molar-refractivity contribution >= 4 is 11.6 Å². The highest BCUT2D eigenvalue weighted by Crippen LogP contribution is 2.24. The Kier molecular flexibility index (Phi) is 4.62. The number of halogens is 3. The number of hydrogen-bond donors (Lipinski definition) is 0. The van der Waals surface area contributed by atoms with Gasteiger partial charge in [0.25, 0.3) is 0 Å². The van der Waals surface area contributed by atoms with Crippen LogP contribution in [0.3, 0.4) is 0 Å². The smallest absolute Gasteiger partial charge is 0.329 e. The van der Waals surface area contributed by atoms with Crippen molar-refractivity contribution in [1.29, 1.82) is 0 Å². The summed E-state index contributed by atoms with van der Waals surface area (Å²) in [4.78, 5) is 11.2. The minimum Gasteiger partial charge on any atom is -0.463 e. The van der Waals surface area contributed by atoms with Crippen LogP contribution in [0.2, 0.25) is 5.28 Å². The van der Waals surface area contributed by atoms with Crippen molar-refractivity contribution in [2.45, 2.75) is 13.3 Å². The molecule has 1 aromatic heterocycles. The molecule has 2 aromatic rings. The summed E-state index contributed by atoms with van der Waals surface area (Å²) in [5.41, 5.74) is 0. The van der Waals surface area contributed by atoms with Crippen molar-refractivity contribution in [1.82, 2.24) is 15.0 Å². The lowest BCUT2D eigenvalue weighted by atomic mass is 10.3. The van der Waals surface area contributed by atoms with E-state index in [-0.39, 0.29) is 23.1 Å². The van der Waals surface area contributed by atoms with Gasteiger partial charge in [-0.3, -0.25) is 0 Å². The van der Waals surface area contributed by atoms with Gasteiger partial charge in [-0.25, -0.2) is 8.78 Å². The molecule has 106 valence electrons. The summed E-state index contributed by atoms with van der Waals surface area (Å²) < 4.78 is 36.5. The molecule has 0 aliphatic rings. The fourth-order valence-electron chi connectivity index (χ4n) is 1.27. The Morgan fingerprint density at radius 1 is 1.15 bits per heavy atom. The minimum absolute atomic E-state index is 0.0237. The molecule has 1 aromatic carbocycles. The monoisotopic (exact) mass is 301 g/mol. The molecule has 20 heavy (non-hydrogen) atoms. The van der Waals surface area contributed by atoms with Crippen molar-refractivity contribution in [2.24, 2.45) is 0 Å². The number of ether oxygens (including phenoxy) is 2. The highest BCUT2D eigenvalue weighted by atomic mass is 35.5. The van der Waals surface area contributed by atoms with Crippen molar-refractivity contribution in [3.63, 3.8) is 0 Å². The summed E-state index contributed by atoms with van der Waals surface area (Å²) in [6, 6.07) is 2.60. The molecule has 0 aliphatic carbocycles. The molecule has 2 rings (SSSR count). The number of rotatable bonds is 5. The van der Waals surface area contributed by atoms with Gasteiger partial charge in [0.15, 0.2) is 11.6 Å². The Hall–Kier alpha value is -2.02. The van der Waals surface area contributed by atoms with E-state index in [1.807, 2.05) is 6.92 Å². The molecule has 0 bridgehead atoms. The highest BCUT2D eigenvalue weighted by Gasteiger charge is 2.11. The maximum absolute atomic E-state index is 13.4. The maximum Gasteiger partial charge on any atom is 0.329 e. The van der Waals surface area contributed by atoms with E-state index < -0.39 is 11.6 Å². The molecular weight excluding hydrogens is 292 g/mol. The molecule has 0 atom stereocenters. The third kappa shape index (κ3) is 3.74. The van der Waals surface area contributed by atoms with Crippen LogP contribution in [0.1, 0.15) is 13.3 Å². The van der Waals surface area contributed by atoms with Crippen LogP contribution < -0.4 is 9.47 Å². The zero-order chi connectivity index (χ0) is 14.5. The minimum atomic E-state index is -0.877. The molecule has 0 N–H and O–H groups in total. The van der Waals surface area contributed by atoms with Gasteiger partial charge in [-0.2, -0.15) is 9.97 Å². The number of benzene rings is 1. The molecule has 0 spiro atoms. The van der Waals surface area contributed by atoms with Crippen LogP contribution in [0, 0.1) is 11.6 Å². The van der Waals surface area contributed by atoms with Crippen molar-refractivity contribution < 1.29 is 18.3 Å². The van der Waals surface area contributed by atoms with Crippen LogP contribution in [0.25, 0.3) is 0 Å². The molecular formula is C12H10ClF2N3O2. The van der Waals surface area contributed by atoms with E-state index >= 15 is 0 Å². The van der Waals surface area contributed by atoms with E-state index in [1.54, 1.807) is 0 Å². The molecule has 5 nitrogen and oxygen atoms in total.